The lowest BCUT2D eigenvalue weighted by Gasteiger charge is -2.27. The number of ether oxygens (including phenoxy) is 2. The lowest BCUT2D eigenvalue weighted by molar-refractivity contribution is -0.147. The molecule has 0 bridgehead atoms. The molecule has 2 aliphatic rings. The molecule has 1 aromatic carbocycles. The summed E-state index contributed by atoms with van der Waals surface area (Å²) in [7, 11) is 1.60. The molecule has 0 aliphatic carbocycles. The van der Waals surface area contributed by atoms with Gasteiger partial charge in [-0.3, -0.25) is 38.7 Å². The van der Waals surface area contributed by atoms with Crippen LogP contribution in [0.5, 0.6) is 0 Å². The number of carbonyl (C=O) groups is 6. The standard InChI is InChI=1S/C29H38N6O9S/c1-18(2)27(28(40)31-13-23(36)32-20-6-4-19(5-7-20)15-44-17-30-3)33-24(37)14-34-21(16-43-10-11-45-42)12-22(29(34)41)35-25(38)8-9-26(35)39/h4-9,17-18,21-22,27,42H,10-16H2,1-3H3,(H,31,40)(H,32,36)(H,33,37). The Hall–Kier alpha value is -4.28. The molecule has 45 heavy (non-hydrogen) atoms. The molecule has 2 aliphatic heterocycles. The van der Waals surface area contributed by atoms with Crippen molar-refractivity contribution in [1.29, 1.82) is 0 Å². The number of likely N-dealkylation sites (tertiary alicyclic amines) is 1. The molecule has 3 atom stereocenters. The molecule has 4 N–H and O–H groups in total. The minimum absolute atomic E-state index is 0.00707. The van der Waals surface area contributed by atoms with E-state index in [1.54, 1.807) is 45.2 Å². The summed E-state index contributed by atoms with van der Waals surface area (Å²) < 4.78 is 19.7. The summed E-state index contributed by atoms with van der Waals surface area (Å²) in [6.07, 6.45) is 3.56. The van der Waals surface area contributed by atoms with Crippen LogP contribution in [0.2, 0.25) is 0 Å². The van der Waals surface area contributed by atoms with Gasteiger partial charge in [0, 0.05) is 37.1 Å². The second kappa shape index (κ2) is 17.3. The van der Waals surface area contributed by atoms with Crippen molar-refractivity contribution in [2.45, 2.75) is 45.0 Å². The number of amides is 6. The maximum absolute atomic E-state index is 13.3. The van der Waals surface area contributed by atoms with Crippen molar-refractivity contribution in [3.63, 3.8) is 0 Å². The van der Waals surface area contributed by atoms with Crippen molar-refractivity contribution in [2.75, 3.05) is 44.4 Å². The molecule has 0 saturated carbocycles. The quantitative estimate of drug-likeness (QED) is 0.0596. The zero-order valence-electron chi connectivity index (χ0n) is 25.3. The number of carbonyl (C=O) groups excluding carboxylic acids is 6. The summed E-state index contributed by atoms with van der Waals surface area (Å²) in [5.74, 6) is -3.63. The van der Waals surface area contributed by atoms with Gasteiger partial charge in [0.2, 0.25) is 23.6 Å². The van der Waals surface area contributed by atoms with Crippen molar-refractivity contribution in [2.24, 2.45) is 10.9 Å². The Bertz CT molecular complexity index is 1290. The highest BCUT2D eigenvalue weighted by molar-refractivity contribution is 7.93. The van der Waals surface area contributed by atoms with Gasteiger partial charge in [-0.2, -0.15) is 0 Å². The Kier molecular flexibility index (Phi) is 13.5. The number of hydrogen-bond acceptors (Lipinski definition) is 11. The van der Waals surface area contributed by atoms with E-state index in [0.29, 0.717) is 24.3 Å². The molecular weight excluding hydrogens is 608 g/mol. The molecule has 2 heterocycles. The fourth-order valence-electron chi connectivity index (χ4n) is 4.76. The van der Waals surface area contributed by atoms with E-state index in [1.807, 2.05) is 0 Å². The van der Waals surface area contributed by atoms with E-state index in [2.05, 4.69) is 20.9 Å². The van der Waals surface area contributed by atoms with Crippen molar-refractivity contribution >= 4 is 59.6 Å². The van der Waals surface area contributed by atoms with Gasteiger partial charge in [-0.15, -0.1) is 0 Å². The smallest absolute Gasteiger partial charge is 0.254 e. The Morgan fingerprint density at radius 3 is 2.42 bits per heavy atom. The maximum atomic E-state index is 13.3. The third kappa shape index (κ3) is 10.1. The van der Waals surface area contributed by atoms with E-state index in [4.69, 9.17) is 14.0 Å². The lowest BCUT2D eigenvalue weighted by atomic mass is 10.0. The van der Waals surface area contributed by atoms with Gasteiger partial charge in [-0.1, -0.05) is 26.0 Å². The van der Waals surface area contributed by atoms with Crippen LogP contribution in [0, 0.1) is 5.92 Å². The highest BCUT2D eigenvalue weighted by Crippen LogP contribution is 2.26. The number of nitrogens with one attached hydrogen (secondary N) is 3. The molecule has 0 spiro atoms. The van der Waals surface area contributed by atoms with Crippen LogP contribution in [-0.2, 0) is 44.8 Å². The van der Waals surface area contributed by atoms with E-state index in [0.717, 1.165) is 22.6 Å². The van der Waals surface area contributed by atoms with Crippen molar-refractivity contribution in [1.82, 2.24) is 20.4 Å². The Labute approximate surface area is 265 Å². The molecule has 1 saturated heterocycles. The van der Waals surface area contributed by atoms with Gasteiger partial charge >= 0.3 is 0 Å². The van der Waals surface area contributed by atoms with Crippen LogP contribution in [-0.4, -0.2) is 113 Å². The van der Waals surface area contributed by atoms with Crippen LogP contribution >= 0.6 is 12.0 Å². The SMILES string of the molecule is CN=COCc1ccc(NC(=O)CNC(=O)C(NC(=O)CN2C(=O)C(N3C(=O)C=CC3=O)CC2COCCSO)C(C)C)cc1. The van der Waals surface area contributed by atoms with E-state index >= 15 is 0 Å². The zero-order valence-corrected chi connectivity index (χ0v) is 26.1. The molecule has 3 unspecified atom stereocenters. The van der Waals surface area contributed by atoms with Gasteiger partial charge in [0.1, 0.15) is 18.7 Å². The van der Waals surface area contributed by atoms with E-state index in [9.17, 15) is 28.8 Å². The van der Waals surface area contributed by atoms with Crippen molar-refractivity contribution in [3.8, 4) is 0 Å². The summed E-state index contributed by atoms with van der Waals surface area (Å²) in [6.45, 7) is 3.14. The van der Waals surface area contributed by atoms with Crippen LogP contribution in [0.4, 0.5) is 5.69 Å². The second-order valence-corrected chi connectivity index (χ2v) is 11.3. The van der Waals surface area contributed by atoms with Gasteiger partial charge in [-0.25, -0.2) is 0 Å². The second-order valence-electron chi connectivity index (χ2n) is 10.6. The van der Waals surface area contributed by atoms with Gasteiger partial charge in [0.15, 0.2) is 6.40 Å². The Balaban J connectivity index is 1.56. The van der Waals surface area contributed by atoms with Crippen molar-refractivity contribution in [3.05, 3.63) is 42.0 Å². The molecule has 1 aromatic rings. The van der Waals surface area contributed by atoms with E-state index in [-0.39, 0.29) is 37.9 Å². The summed E-state index contributed by atoms with van der Waals surface area (Å²) in [6, 6.07) is 4.18. The number of nitrogens with zero attached hydrogens (tertiary/aromatic N) is 3. The summed E-state index contributed by atoms with van der Waals surface area (Å²) in [5, 5.41) is 7.84. The predicted octanol–water partition coefficient (Wildman–Crippen LogP) is 0.174. The first-order chi connectivity index (χ1) is 21.5. The summed E-state index contributed by atoms with van der Waals surface area (Å²) >= 11 is 0.593. The molecule has 244 valence electrons. The molecule has 1 fully saturated rings. The predicted molar refractivity (Wildman–Crippen MR) is 165 cm³/mol. The van der Waals surface area contributed by atoms with E-state index in [1.165, 1.54) is 11.3 Å². The van der Waals surface area contributed by atoms with Gasteiger partial charge in [0.05, 0.1) is 32.3 Å². The maximum Gasteiger partial charge on any atom is 0.254 e. The average molecular weight is 647 g/mol. The molecule has 6 amide bonds. The van der Waals surface area contributed by atoms with Gasteiger partial charge in [-0.05, 0) is 35.7 Å². The van der Waals surface area contributed by atoms with Crippen LogP contribution in [0.15, 0.2) is 41.4 Å². The molecule has 15 nitrogen and oxygen atoms in total. The summed E-state index contributed by atoms with van der Waals surface area (Å²) in [5.41, 5.74) is 1.39. The van der Waals surface area contributed by atoms with Crippen LogP contribution in [0.3, 0.4) is 0 Å². The number of rotatable bonds is 17. The minimum Gasteiger partial charge on any atom is -0.479 e. The third-order valence-electron chi connectivity index (χ3n) is 6.96. The molecule has 0 radical (unpaired) electrons. The first-order valence-electron chi connectivity index (χ1n) is 14.2. The fraction of sp³-hybridized carbons (Fsp3) is 0.483. The zero-order chi connectivity index (χ0) is 32.9. The number of imide groups is 1. The molecule has 16 heteroatoms. The first kappa shape index (κ1) is 35.2. The normalized spacial score (nSPS) is 18.6. The summed E-state index contributed by atoms with van der Waals surface area (Å²) in [4.78, 5) is 82.2. The molecular formula is C29H38N6O9S. The van der Waals surface area contributed by atoms with Gasteiger partial charge in [0.25, 0.3) is 11.8 Å². The van der Waals surface area contributed by atoms with Crippen LogP contribution in [0.25, 0.3) is 0 Å². The van der Waals surface area contributed by atoms with Crippen LogP contribution in [0.1, 0.15) is 25.8 Å². The van der Waals surface area contributed by atoms with E-state index < -0.39 is 60.1 Å². The molecule has 0 aromatic heterocycles. The minimum atomic E-state index is -1.10. The third-order valence-corrected chi connectivity index (χ3v) is 7.31. The lowest BCUT2D eigenvalue weighted by Crippen LogP contribution is -2.54. The highest BCUT2D eigenvalue weighted by Gasteiger charge is 2.47. The number of benzene rings is 1. The monoisotopic (exact) mass is 646 g/mol. The number of anilines is 1. The number of aliphatic imine (C=N–C) groups is 1. The Morgan fingerprint density at radius 1 is 1.11 bits per heavy atom. The average Bonchev–Trinajstić information content (AvgIpc) is 3.49. The van der Waals surface area contributed by atoms with Crippen molar-refractivity contribution < 1.29 is 42.8 Å². The largest absolute Gasteiger partial charge is 0.479 e. The van der Waals surface area contributed by atoms with Crippen LogP contribution < -0.4 is 16.0 Å². The first-order valence-corrected chi connectivity index (χ1v) is 15.2. The van der Waals surface area contributed by atoms with Gasteiger partial charge < -0.3 is 34.9 Å². The Morgan fingerprint density at radius 2 is 1.80 bits per heavy atom. The fourth-order valence-corrected chi connectivity index (χ4v) is 4.95. The topological polar surface area (TPSA) is 196 Å². The number of hydrogen-bond donors (Lipinski definition) is 4. The highest BCUT2D eigenvalue weighted by atomic mass is 32.2. The molecule has 3 rings (SSSR count).